The molecular weight excluding hydrogens is 382 g/mol. The highest BCUT2D eigenvalue weighted by Gasteiger charge is 2.18. The van der Waals surface area contributed by atoms with Crippen molar-refractivity contribution in [1.29, 1.82) is 0 Å². The van der Waals surface area contributed by atoms with E-state index in [2.05, 4.69) is 29.3 Å². The van der Waals surface area contributed by atoms with E-state index in [4.69, 9.17) is 14.0 Å². The van der Waals surface area contributed by atoms with Gasteiger partial charge in [0.1, 0.15) is 11.5 Å². The van der Waals surface area contributed by atoms with Gasteiger partial charge in [-0.05, 0) is 61.2 Å². The third-order valence-electron chi connectivity index (χ3n) is 4.69. The molecule has 0 aliphatic carbocycles. The number of aromatic nitrogens is 2. The molecule has 2 aromatic carbocycles. The smallest absolute Gasteiger partial charge is 0.261 e. The molecule has 1 N–H and O–H groups in total. The largest absolute Gasteiger partial charge is 0.497 e. The van der Waals surface area contributed by atoms with Crippen molar-refractivity contribution >= 4 is 5.91 Å². The quantitative estimate of drug-likeness (QED) is 0.598. The second-order valence-electron chi connectivity index (χ2n) is 7.41. The third kappa shape index (κ3) is 5.17. The molecule has 0 fully saturated rings. The summed E-state index contributed by atoms with van der Waals surface area (Å²) in [6.07, 6.45) is -0.659. The van der Waals surface area contributed by atoms with Gasteiger partial charge in [0.25, 0.3) is 5.91 Å². The lowest BCUT2D eigenvalue weighted by Gasteiger charge is -2.19. The van der Waals surface area contributed by atoms with Crippen molar-refractivity contribution in [2.24, 2.45) is 0 Å². The molecule has 158 valence electrons. The van der Waals surface area contributed by atoms with E-state index in [1.54, 1.807) is 14.0 Å². The van der Waals surface area contributed by atoms with Gasteiger partial charge >= 0.3 is 0 Å². The molecule has 0 saturated heterocycles. The number of carbonyl (C=O) groups is 1. The van der Waals surface area contributed by atoms with Gasteiger partial charge in [0, 0.05) is 5.56 Å². The Labute approximate surface area is 176 Å². The highest BCUT2D eigenvalue weighted by molar-refractivity contribution is 5.80. The first-order valence-corrected chi connectivity index (χ1v) is 9.89. The number of hydrogen-bond acceptors (Lipinski definition) is 6. The van der Waals surface area contributed by atoms with Crippen LogP contribution in [0.2, 0.25) is 0 Å². The monoisotopic (exact) mass is 409 g/mol. The summed E-state index contributed by atoms with van der Waals surface area (Å²) in [5.41, 5.74) is 2.95. The lowest BCUT2D eigenvalue weighted by molar-refractivity contribution is -0.127. The van der Waals surface area contributed by atoms with E-state index in [0.717, 1.165) is 28.2 Å². The van der Waals surface area contributed by atoms with Crippen LogP contribution in [0.15, 0.2) is 47.0 Å². The van der Waals surface area contributed by atoms with Crippen molar-refractivity contribution in [3.05, 3.63) is 59.5 Å². The number of carbonyl (C=O) groups excluding carboxylic acids is 1. The number of hydrogen-bond donors (Lipinski definition) is 1. The Morgan fingerprint density at radius 3 is 2.53 bits per heavy atom. The van der Waals surface area contributed by atoms with Crippen LogP contribution in [0.5, 0.6) is 11.5 Å². The van der Waals surface area contributed by atoms with E-state index in [1.165, 1.54) is 0 Å². The van der Waals surface area contributed by atoms with Crippen LogP contribution in [0.1, 0.15) is 43.7 Å². The number of methoxy groups -OCH3 is 1. The summed E-state index contributed by atoms with van der Waals surface area (Å²) in [5.74, 6) is 2.29. The Morgan fingerprint density at radius 1 is 1.13 bits per heavy atom. The molecule has 0 spiro atoms. The zero-order valence-corrected chi connectivity index (χ0v) is 17.9. The highest BCUT2D eigenvalue weighted by Crippen LogP contribution is 2.28. The van der Waals surface area contributed by atoms with E-state index in [9.17, 15) is 4.79 Å². The molecule has 0 aliphatic rings. The van der Waals surface area contributed by atoms with E-state index < -0.39 is 6.10 Å². The van der Waals surface area contributed by atoms with Crippen LogP contribution in [-0.2, 0) is 11.3 Å². The van der Waals surface area contributed by atoms with Crippen LogP contribution in [0.3, 0.4) is 0 Å². The van der Waals surface area contributed by atoms with Gasteiger partial charge in [-0.25, -0.2) is 0 Å². The first-order valence-electron chi connectivity index (χ1n) is 9.89. The van der Waals surface area contributed by atoms with Gasteiger partial charge in [-0.1, -0.05) is 31.1 Å². The maximum absolute atomic E-state index is 12.5. The second kappa shape index (κ2) is 9.43. The van der Waals surface area contributed by atoms with Crippen molar-refractivity contribution in [1.82, 2.24) is 15.5 Å². The summed E-state index contributed by atoms with van der Waals surface area (Å²) in [7, 11) is 1.61. The Morgan fingerprint density at radius 2 is 1.87 bits per heavy atom. The fraction of sp³-hybridized carbons (Fsp3) is 0.348. The van der Waals surface area contributed by atoms with Crippen molar-refractivity contribution in [2.75, 3.05) is 7.11 Å². The maximum atomic E-state index is 12.5. The number of nitrogens with zero attached hydrogens (tertiary/aromatic N) is 2. The van der Waals surface area contributed by atoms with Gasteiger partial charge < -0.3 is 19.3 Å². The second-order valence-corrected chi connectivity index (χ2v) is 7.41. The highest BCUT2D eigenvalue weighted by atomic mass is 16.5. The predicted molar refractivity (Wildman–Crippen MR) is 113 cm³/mol. The first kappa shape index (κ1) is 21.4. The Bertz CT molecular complexity index is 996. The van der Waals surface area contributed by atoms with E-state index in [-0.39, 0.29) is 12.5 Å². The molecule has 1 aromatic heterocycles. The van der Waals surface area contributed by atoms with Crippen LogP contribution in [-0.4, -0.2) is 29.3 Å². The minimum Gasteiger partial charge on any atom is -0.497 e. The minimum absolute atomic E-state index is 0.126. The standard InChI is InChI=1S/C23H27N3O4/c1-14(2)19-11-6-15(3)12-20(19)29-16(4)23(27)24-13-21-25-22(26-30-21)17-7-9-18(28-5)10-8-17/h6-12,14,16H,13H2,1-5H3,(H,24,27). The molecule has 7 nitrogen and oxygen atoms in total. The molecule has 3 aromatic rings. The van der Waals surface area contributed by atoms with Gasteiger partial charge in [-0.2, -0.15) is 4.98 Å². The molecule has 0 bridgehead atoms. The average molecular weight is 409 g/mol. The normalized spacial score (nSPS) is 11.9. The summed E-state index contributed by atoms with van der Waals surface area (Å²) in [4.78, 5) is 16.8. The zero-order valence-electron chi connectivity index (χ0n) is 17.9. The summed E-state index contributed by atoms with van der Waals surface area (Å²) >= 11 is 0. The molecule has 1 atom stereocenters. The van der Waals surface area contributed by atoms with Crippen molar-refractivity contribution < 1.29 is 18.8 Å². The lowest BCUT2D eigenvalue weighted by Crippen LogP contribution is -2.36. The number of ether oxygens (including phenoxy) is 2. The van der Waals surface area contributed by atoms with E-state index >= 15 is 0 Å². The van der Waals surface area contributed by atoms with Crippen molar-refractivity contribution in [3.8, 4) is 22.9 Å². The Balaban J connectivity index is 1.59. The minimum atomic E-state index is -0.659. The number of benzene rings is 2. The summed E-state index contributed by atoms with van der Waals surface area (Å²) in [5, 5.41) is 6.75. The van der Waals surface area contributed by atoms with Crippen LogP contribution < -0.4 is 14.8 Å². The van der Waals surface area contributed by atoms with Gasteiger partial charge in [0.2, 0.25) is 11.7 Å². The zero-order chi connectivity index (χ0) is 21.7. The van der Waals surface area contributed by atoms with Crippen molar-refractivity contribution in [2.45, 2.75) is 46.3 Å². The SMILES string of the molecule is COc1ccc(-c2noc(CNC(=O)C(C)Oc3cc(C)ccc3C(C)C)n2)cc1. The predicted octanol–water partition coefficient (Wildman–Crippen LogP) is 4.26. The first-order chi connectivity index (χ1) is 14.4. The average Bonchev–Trinajstić information content (AvgIpc) is 3.21. The van der Waals surface area contributed by atoms with Crippen LogP contribution in [0.4, 0.5) is 0 Å². The number of rotatable bonds is 8. The van der Waals surface area contributed by atoms with Crippen LogP contribution >= 0.6 is 0 Å². The molecule has 30 heavy (non-hydrogen) atoms. The van der Waals surface area contributed by atoms with Gasteiger partial charge in [-0.15, -0.1) is 0 Å². The molecular formula is C23H27N3O4. The maximum Gasteiger partial charge on any atom is 0.261 e. The molecule has 1 amide bonds. The molecule has 7 heteroatoms. The molecule has 0 aliphatic heterocycles. The fourth-order valence-electron chi connectivity index (χ4n) is 2.96. The lowest BCUT2D eigenvalue weighted by atomic mass is 10.0. The molecule has 1 heterocycles. The molecule has 0 radical (unpaired) electrons. The van der Waals surface area contributed by atoms with Crippen LogP contribution in [0, 0.1) is 6.92 Å². The van der Waals surface area contributed by atoms with E-state index in [0.29, 0.717) is 17.6 Å². The van der Waals surface area contributed by atoms with Crippen molar-refractivity contribution in [3.63, 3.8) is 0 Å². The summed E-state index contributed by atoms with van der Waals surface area (Å²) in [6.45, 7) is 8.03. The Hall–Kier alpha value is -3.35. The molecule has 3 rings (SSSR count). The van der Waals surface area contributed by atoms with Crippen LogP contribution in [0.25, 0.3) is 11.4 Å². The van der Waals surface area contributed by atoms with E-state index in [1.807, 2.05) is 49.4 Å². The molecule has 1 unspecified atom stereocenters. The fourth-order valence-corrected chi connectivity index (χ4v) is 2.96. The summed E-state index contributed by atoms with van der Waals surface area (Å²) < 4.78 is 16.3. The summed E-state index contributed by atoms with van der Waals surface area (Å²) in [6, 6.07) is 13.4. The number of amides is 1. The van der Waals surface area contributed by atoms with Gasteiger partial charge in [0.15, 0.2) is 6.10 Å². The van der Waals surface area contributed by atoms with Gasteiger partial charge in [-0.3, -0.25) is 4.79 Å². The number of aryl methyl sites for hydroxylation is 1. The van der Waals surface area contributed by atoms with Gasteiger partial charge in [0.05, 0.1) is 13.7 Å². The molecule has 0 saturated carbocycles. The topological polar surface area (TPSA) is 86.5 Å². The Kier molecular flexibility index (Phi) is 6.72. The number of nitrogens with one attached hydrogen (secondary N) is 1. The third-order valence-corrected chi connectivity index (χ3v) is 4.69.